The minimum atomic E-state index is -0.832. The lowest BCUT2D eigenvalue weighted by atomic mass is 9.87. The van der Waals surface area contributed by atoms with Crippen LogP contribution in [-0.2, 0) is 10.3 Å². The molecule has 4 rings (SSSR count). The van der Waals surface area contributed by atoms with Gasteiger partial charge in [0.25, 0.3) is 5.56 Å². The van der Waals surface area contributed by atoms with Crippen molar-refractivity contribution in [2.45, 2.75) is 38.3 Å². The lowest BCUT2D eigenvalue weighted by Gasteiger charge is -2.48. The highest BCUT2D eigenvalue weighted by molar-refractivity contribution is 5.91. The van der Waals surface area contributed by atoms with Gasteiger partial charge in [-0.05, 0) is 32.9 Å². The number of likely N-dealkylation sites (tertiary alicyclic amines) is 1. The van der Waals surface area contributed by atoms with Gasteiger partial charge in [0.2, 0.25) is 5.95 Å². The van der Waals surface area contributed by atoms with E-state index in [1.165, 1.54) is 23.4 Å². The quantitative estimate of drug-likeness (QED) is 0.598. The van der Waals surface area contributed by atoms with Crippen molar-refractivity contribution in [1.29, 1.82) is 5.26 Å². The number of nitriles is 1. The number of anilines is 2. The van der Waals surface area contributed by atoms with Crippen LogP contribution in [0.25, 0.3) is 10.9 Å². The molecule has 1 saturated heterocycles. The normalized spacial score (nSPS) is 15.2. The molecule has 3 aromatic rings. The molecule has 0 radical (unpaired) electrons. The number of nitrogens with one attached hydrogen (secondary N) is 2. The first-order valence-corrected chi connectivity index (χ1v) is 9.96. The van der Waals surface area contributed by atoms with Gasteiger partial charge in [-0.3, -0.25) is 9.48 Å². The molecule has 0 bridgehead atoms. The van der Waals surface area contributed by atoms with E-state index in [1.54, 1.807) is 37.6 Å². The van der Waals surface area contributed by atoms with Crippen LogP contribution < -0.4 is 10.9 Å². The summed E-state index contributed by atoms with van der Waals surface area (Å²) in [5.74, 6) is -0.471. The minimum Gasteiger partial charge on any atom is -0.444 e. The molecular formula is C21H22FN7O3. The number of fused-ring (bicyclic) bond motifs is 1. The van der Waals surface area contributed by atoms with E-state index >= 15 is 0 Å². The van der Waals surface area contributed by atoms with Gasteiger partial charge in [0.1, 0.15) is 16.5 Å². The van der Waals surface area contributed by atoms with Gasteiger partial charge in [-0.1, -0.05) is 0 Å². The average Bonchev–Trinajstić information content (AvgIpc) is 3.03. The molecule has 1 aliphatic rings. The number of pyridine rings is 2. The minimum absolute atomic E-state index is 0.0687. The van der Waals surface area contributed by atoms with E-state index in [9.17, 15) is 19.2 Å². The number of carbonyl (C=O) groups is 1. The van der Waals surface area contributed by atoms with Crippen LogP contribution in [0.1, 0.15) is 27.2 Å². The Bertz CT molecular complexity index is 1280. The molecule has 3 aromatic heterocycles. The molecule has 1 fully saturated rings. The number of ether oxygens (including phenoxy) is 1. The predicted molar refractivity (Wildman–Crippen MR) is 114 cm³/mol. The van der Waals surface area contributed by atoms with E-state index in [1.807, 2.05) is 0 Å². The molecule has 0 atom stereocenters. The second-order valence-corrected chi connectivity index (χ2v) is 8.72. The van der Waals surface area contributed by atoms with Gasteiger partial charge < -0.3 is 19.9 Å². The van der Waals surface area contributed by atoms with Crippen molar-refractivity contribution < 1.29 is 13.9 Å². The maximum atomic E-state index is 13.5. The highest BCUT2D eigenvalue weighted by Crippen LogP contribution is 2.37. The van der Waals surface area contributed by atoms with Crippen molar-refractivity contribution in [3.63, 3.8) is 0 Å². The lowest BCUT2D eigenvalue weighted by Crippen LogP contribution is -2.64. The van der Waals surface area contributed by atoms with Crippen LogP contribution in [0.2, 0.25) is 0 Å². The fourth-order valence-corrected chi connectivity index (χ4v) is 3.73. The number of aromatic nitrogens is 4. The third-order valence-corrected chi connectivity index (χ3v) is 5.07. The summed E-state index contributed by atoms with van der Waals surface area (Å²) in [5.41, 5.74) is -1.01. The Hall–Kier alpha value is -3.94. The summed E-state index contributed by atoms with van der Waals surface area (Å²) in [6, 6.07) is 6.56. The van der Waals surface area contributed by atoms with E-state index in [-0.39, 0.29) is 36.3 Å². The molecule has 1 aliphatic heterocycles. The van der Waals surface area contributed by atoms with Crippen molar-refractivity contribution in [3.8, 4) is 6.07 Å². The van der Waals surface area contributed by atoms with Gasteiger partial charge in [-0.15, -0.1) is 0 Å². The third kappa shape index (κ3) is 3.87. The summed E-state index contributed by atoms with van der Waals surface area (Å²) in [4.78, 5) is 32.7. The number of carbonyl (C=O) groups excluding carboxylic acids is 1. The Morgan fingerprint density at radius 3 is 2.81 bits per heavy atom. The molecule has 0 unspecified atom stereocenters. The summed E-state index contributed by atoms with van der Waals surface area (Å²) in [6.45, 7) is 5.73. The number of hydrogen-bond donors (Lipinski definition) is 2. The summed E-state index contributed by atoms with van der Waals surface area (Å²) in [7, 11) is 0. The van der Waals surface area contributed by atoms with Crippen molar-refractivity contribution in [3.05, 3.63) is 46.9 Å². The molecular weight excluding hydrogens is 417 g/mol. The van der Waals surface area contributed by atoms with Crippen LogP contribution in [0.4, 0.5) is 20.7 Å². The van der Waals surface area contributed by atoms with Crippen LogP contribution in [0.3, 0.4) is 0 Å². The van der Waals surface area contributed by atoms with Crippen molar-refractivity contribution in [2.75, 3.05) is 18.4 Å². The predicted octanol–water partition coefficient (Wildman–Crippen LogP) is 2.86. The molecule has 0 saturated carbocycles. The van der Waals surface area contributed by atoms with Crippen LogP contribution in [0.5, 0.6) is 0 Å². The maximum absolute atomic E-state index is 13.5. The number of aromatic amines is 1. The maximum Gasteiger partial charge on any atom is 0.410 e. The van der Waals surface area contributed by atoms with Gasteiger partial charge >= 0.3 is 6.09 Å². The monoisotopic (exact) mass is 439 g/mol. The third-order valence-electron chi connectivity index (χ3n) is 5.07. The molecule has 166 valence electrons. The summed E-state index contributed by atoms with van der Waals surface area (Å²) < 4.78 is 20.5. The number of H-pyrrole nitrogens is 1. The highest BCUT2D eigenvalue weighted by Gasteiger charge is 2.49. The Morgan fingerprint density at radius 2 is 2.16 bits per heavy atom. The van der Waals surface area contributed by atoms with Gasteiger partial charge in [0.05, 0.1) is 31.1 Å². The zero-order chi connectivity index (χ0) is 23.1. The van der Waals surface area contributed by atoms with E-state index in [0.29, 0.717) is 11.2 Å². The molecule has 4 heterocycles. The lowest BCUT2D eigenvalue weighted by molar-refractivity contribution is -0.0298. The van der Waals surface area contributed by atoms with Crippen molar-refractivity contribution >= 4 is 28.5 Å². The second-order valence-electron chi connectivity index (χ2n) is 8.72. The smallest absolute Gasteiger partial charge is 0.410 e. The standard InChI is InChI=1S/C21H22FN7O3/c1-20(2,3)32-19(31)28-11-21(12-28,6-7-23)29-14-5-9-25-18(30)16(14)17(27-29)26-13-4-8-24-15(22)10-13/h4-5,8-10H,6,11-12H2,1-3H3,(H,25,30)(H,24,26,27). The van der Waals surface area contributed by atoms with Gasteiger partial charge in [0.15, 0.2) is 5.82 Å². The Labute approximate surface area is 182 Å². The summed E-state index contributed by atoms with van der Waals surface area (Å²) in [5, 5.41) is 17.3. The largest absolute Gasteiger partial charge is 0.444 e. The summed E-state index contributed by atoms with van der Waals surface area (Å²) >= 11 is 0. The fraction of sp³-hybridized carbons (Fsp3) is 0.381. The van der Waals surface area contributed by atoms with E-state index < -0.39 is 23.2 Å². The van der Waals surface area contributed by atoms with Crippen LogP contribution in [0, 0.1) is 17.3 Å². The van der Waals surface area contributed by atoms with Crippen molar-refractivity contribution in [2.24, 2.45) is 0 Å². The van der Waals surface area contributed by atoms with Crippen LogP contribution in [-0.4, -0.2) is 49.4 Å². The van der Waals surface area contributed by atoms with Gasteiger partial charge in [0, 0.05) is 24.1 Å². The second kappa shape index (κ2) is 7.64. The SMILES string of the molecule is CC(C)(C)OC(=O)N1CC(CC#N)(n2nc(Nc3ccnc(F)c3)c3c(=O)[nH]ccc32)C1. The van der Waals surface area contributed by atoms with E-state index in [4.69, 9.17) is 4.74 Å². The Morgan fingerprint density at radius 1 is 1.41 bits per heavy atom. The number of halogens is 1. The first-order chi connectivity index (χ1) is 15.1. The summed E-state index contributed by atoms with van der Waals surface area (Å²) in [6.07, 6.45) is 2.37. The number of rotatable bonds is 4. The molecule has 10 nitrogen and oxygen atoms in total. The first kappa shape index (κ1) is 21.3. The molecule has 11 heteroatoms. The number of hydrogen-bond acceptors (Lipinski definition) is 7. The topological polar surface area (TPSA) is 129 Å². The van der Waals surface area contributed by atoms with Gasteiger partial charge in [-0.25, -0.2) is 9.78 Å². The molecule has 2 N–H and O–H groups in total. The molecule has 0 aliphatic carbocycles. The zero-order valence-electron chi connectivity index (χ0n) is 17.8. The Balaban J connectivity index is 1.73. The first-order valence-electron chi connectivity index (χ1n) is 9.96. The molecule has 1 amide bonds. The van der Waals surface area contributed by atoms with Crippen LogP contribution in [0.15, 0.2) is 35.4 Å². The Kier molecular flexibility index (Phi) is 5.08. The number of amides is 1. The molecule has 0 aromatic carbocycles. The van der Waals surface area contributed by atoms with Crippen molar-refractivity contribution in [1.82, 2.24) is 24.6 Å². The van der Waals surface area contributed by atoms with Gasteiger partial charge in [-0.2, -0.15) is 14.8 Å². The molecule has 0 spiro atoms. The van der Waals surface area contributed by atoms with Crippen LogP contribution >= 0.6 is 0 Å². The van der Waals surface area contributed by atoms with E-state index in [2.05, 4.69) is 26.5 Å². The zero-order valence-corrected chi connectivity index (χ0v) is 17.8. The van der Waals surface area contributed by atoms with E-state index in [0.717, 1.165) is 0 Å². The highest BCUT2D eigenvalue weighted by atomic mass is 19.1. The average molecular weight is 439 g/mol. The number of nitrogens with zero attached hydrogens (tertiary/aromatic N) is 5. The fourth-order valence-electron chi connectivity index (χ4n) is 3.73. The molecule has 32 heavy (non-hydrogen) atoms.